The van der Waals surface area contributed by atoms with E-state index in [4.69, 9.17) is 42.6 Å². The van der Waals surface area contributed by atoms with Gasteiger partial charge in [0, 0.05) is 67.7 Å². The Kier molecular flexibility index (Phi) is 8.61. The molecule has 43 heavy (non-hydrogen) atoms. The second-order valence-electron chi connectivity index (χ2n) is 11.0. The molecule has 0 atom stereocenters. The molecule has 1 amide bonds. The van der Waals surface area contributed by atoms with Gasteiger partial charge in [0.15, 0.2) is 5.65 Å². The molecule has 2 fully saturated rings. The highest BCUT2D eigenvalue weighted by Crippen LogP contribution is 2.47. The third kappa shape index (κ3) is 6.09. The first-order valence-corrected chi connectivity index (χ1v) is 15.3. The zero-order valence-electron chi connectivity index (χ0n) is 24.4. The Morgan fingerprint density at radius 2 is 1.79 bits per heavy atom. The molecule has 226 valence electrons. The average molecular weight is 625 g/mol. The second kappa shape index (κ2) is 12.6. The number of nitrogens with zero attached hydrogens (tertiary/aromatic N) is 6. The fourth-order valence-electron chi connectivity index (χ4n) is 5.55. The number of fused-ring (bicyclic) bond motifs is 3. The van der Waals surface area contributed by atoms with E-state index in [-0.39, 0.29) is 5.91 Å². The van der Waals surface area contributed by atoms with E-state index in [1.54, 1.807) is 20.3 Å². The third-order valence-corrected chi connectivity index (χ3v) is 8.93. The quantitative estimate of drug-likeness (QED) is 0.223. The number of carbonyl (C=O) groups is 1. The van der Waals surface area contributed by atoms with E-state index in [1.807, 2.05) is 27.8 Å². The summed E-state index contributed by atoms with van der Waals surface area (Å²) in [4.78, 5) is 30.7. The molecule has 1 saturated carbocycles. The smallest absolute Gasteiger partial charge is 0.246 e. The molecule has 0 spiro atoms. The fourth-order valence-corrected chi connectivity index (χ4v) is 6.26. The van der Waals surface area contributed by atoms with Crippen molar-refractivity contribution < 1.29 is 14.3 Å². The monoisotopic (exact) mass is 623 g/mol. The number of hydrogen-bond donors (Lipinski definition) is 1. The van der Waals surface area contributed by atoms with Gasteiger partial charge in [-0.1, -0.05) is 29.8 Å². The van der Waals surface area contributed by atoms with Crippen LogP contribution in [0.4, 0.5) is 5.95 Å². The van der Waals surface area contributed by atoms with Gasteiger partial charge in [-0.3, -0.25) is 14.1 Å². The molecule has 1 aromatic carbocycles. The van der Waals surface area contributed by atoms with Crippen LogP contribution in [0.15, 0.2) is 37.2 Å². The van der Waals surface area contributed by atoms with E-state index < -0.39 is 0 Å². The largest absolute Gasteiger partial charge is 0.495 e. The highest BCUT2D eigenvalue weighted by atomic mass is 35.5. The number of halogens is 2. The van der Waals surface area contributed by atoms with E-state index in [9.17, 15) is 4.79 Å². The number of pyridine rings is 1. The van der Waals surface area contributed by atoms with Crippen molar-refractivity contribution in [3.05, 3.63) is 52.9 Å². The van der Waals surface area contributed by atoms with E-state index in [2.05, 4.69) is 21.8 Å². The van der Waals surface area contributed by atoms with E-state index in [0.29, 0.717) is 44.6 Å². The maximum absolute atomic E-state index is 11.9. The van der Waals surface area contributed by atoms with Crippen molar-refractivity contribution in [3.8, 4) is 22.6 Å². The number of piperazine rings is 1. The molecule has 0 unspecified atom stereocenters. The standard InChI is InChI=1S/C31H35Cl2N7O3/c1-4-25(41)39-12-10-38(11-13-39)9-5-6-21-18-40-29-20(17-35-31(37-29)34-16-19-7-8-19)14-22(30(40)36-21)26-27(32)23(42-2)15-24(43-3)28(26)33/h4,14-15,17-19H,1,5-13,16H2,2-3H3,(H,34,35,37). The van der Waals surface area contributed by atoms with Crippen LogP contribution in [-0.2, 0) is 11.2 Å². The van der Waals surface area contributed by atoms with Crippen molar-refractivity contribution in [2.24, 2.45) is 5.92 Å². The van der Waals surface area contributed by atoms with Crippen molar-refractivity contribution in [2.45, 2.75) is 25.7 Å². The van der Waals surface area contributed by atoms with Crippen molar-refractivity contribution in [1.82, 2.24) is 29.2 Å². The van der Waals surface area contributed by atoms with Crippen LogP contribution in [-0.4, -0.2) is 88.5 Å². The van der Waals surface area contributed by atoms with Gasteiger partial charge in [0.05, 0.1) is 30.0 Å². The lowest BCUT2D eigenvalue weighted by molar-refractivity contribution is -0.127. The summed E-state index contributed by atoms with van der Waals surface area (Å²) in [6.07, 6.45) is 9.42. The van der Waals surface area contributed by atoms with Gasteiger partial charge in [-0.15, -0.1) is 0 Å². The number of rotatable bonds is 11. The second-order valence-corrected chi connectivity index (χ2v) is 11.8. The number of aryl methyl sites for hydroxylation is 1. The predicted octanol–water partition coefficient (Wildman–Crippen LogP) is 5.35. The molecule has 0 radical (unpaired) electrons. The summed E-state index contributed by atoms with van der Waals surface area (Å²) in [6, 6.07) is 3.65. The van der Waals surface area contributed by atoms with Crippen molar-refractivity contribution >= 4 is 51.7 Å². The Morgan fingerprint density at radius 1 is 1.07 bits per heavy atom. The Bertz CT molecular complexity index is 1650. The molecular weight excluding hydrogens is 589 g/mol. The van der Waals surface area contributed by atoms with Gasteiger partial charge in [0.25, 0.3) is 0 Å². The number of amides is 1. The molecule has 1 aliphatic heterocycles. The van der Waals surface area contributed by atoms with E-state index >= 15 is 0 Å². The first kappa shape index (κ1) is 29.5. The third-order valence-electron chi connectivity index (χ3n) is 8.18. The predicted molar refractivity (Wildman–Crippen MR) is 170 cm³/mol. The summed E-state index contributed by atoms with van der Waals surface area (Å²) in [5.74, 6) is 2.19. The first-order valence-electron chi connectivity index (χ1n) is 14.6. The maximum Gasteiger partial charge on any atom is 0.246 e. The Morgan fingerprint density at radius 3 is 2.44 bits per heavy atom. The van der Waals surface area contributed by atoms with E-state index in [0.717, 1.165) is 74.4 Å². The number of nitrogens with one attached hydrogen (secondary N) is 1. The van der Waals surface area contributed by atoms with Crippen LogP contribution in [0.3, 0.4) is 0 Å². The molecule has 6 rings (SSSR count). The first-order chi connectivity index (χ1) is 20.9. The molecule has 1 saturated heterocycles. The van der Waals surface area contributed by atoms with Crippen LogP contribution in [0.2, 0.25) is 10.0 Å². The Balaban J connectivity index is 1.34. The SMILES string of the molecule is C=CC(=O)N1CCN(CCCc2cn3c(n2)c(-c2c(Cl)c(OC)cc(OC)c2Cl)cc2cnc(NCC4CC4)nc23)CC1. The van der Waals surface area contributed by atoms with Crippen LogP contribution < -0.4 is 14.8 Å². The minimum Gasteiger partial charge on any atom is -0.495 e. The maximum atomic E-state index is 11.9. The lowest BCUT2D eigenvalue weighted by Crippen LogP contribution is -2.48. The van der Waals surface area contributed by atoms with Crippen molar-refractivity contribution in [1.29, 1.82) is 0 Å². The number of imidazole rings is 1. The summed E-state index contributed by atoms with van der Waals surface area (Å²) in [6.45, 7) is 8.52. The molecule has 2 aliphatic rings. The number of methoxy groups -OCH3 is 2. The summed E-state index contributed by atoms with van der Waals surface area (Å²) < 4.78 is 13.1. The van der Waals surface area contributed by atoms with Crippen molar-refractivity contribution in [2.75, 3.05) is 58.8 Å². The Labute approximate surface area is 260 Å². The minimum absolute atomic E-state index is 0.00375. The Hall–Kier alpha value is -3.60. The molecule has 3 aromatic heterocycles. The molecule has 12 heteroatoms. The molecule has 1 N–H and O–H groups in total. The fraction of sp³-hybridized carbons (Fsp3) is 0.419. The highest BCUT2D eigenvalue weighted by Gasteiger charge is 2.25. The van der Waals surface area contributed by atoms with Gasteiger partial charge in [0.1, 0.15) is 17.1 Å². The lowest BCUT2D eigenvalue weighted by atomic mass is 10.0. The van der Waals surface area contributed by atoms with Crippen LogP contribution in [0.1, 0.15) is 25.0 Å². The number of hydrogen-bond acceptors (Lipinski definition) is 8. The minimum atomic E-state index is -0.00375. The number of benzene rings is 1. The lowest BCUT2D eigenvalue weighted by Gasteiger charge is -2.34. The summed E-state index contributed by atoms with van der Waals surface area (Å²) >= 11 is 13.7. The van der Waals surface area contributed by atoms with E-state index in [1.165, 1.54) is 18.9 Å². The molecule has 4 aromatic rings. The average Bonchev–Trinajstić information content (AvgIpc) is 3.76. The van der Waals surface area contributed by atoms with Gasteiger partial charge in [0.2, 0.25) is 11.9 Å². The van der Waals surface area contributed by atoms with Gasteiger partial charge >= 0.3 is 0 Å². The highest BCUT2D eigenvalue weighted by molar-refractivity contribution is 6.41. The summed E-state index contributed by atoms with van der Waals surface area (Å²) in [5, 5.41) is 4.95. The molecule has 1 aliphatic carbocycles. The van der Waals surface area contributed by atoms with Crippen molar-refractivity contribution in [3.63, 3.8) is 0 Å². The van der Waals surface area contributed by atoms with Gasteiger partial charge < -0.3 is 19.7 Å². The number of carbonyl (C=O) groups excluding carboxylic acids is 1. The van der Waals surface area contributed by atoms with Gasteiger partial charge in [-0.25, -0.2) is 9.97 Å². The number of ether oxygens (including phenoxy) is 2. The zero-order valence-corrected chi connectivity index (χ0v) is 25.9. The van der Waals surface area contributed by atoms with Crippen LogP contribution in [0, 0.1) is 5.92 Å². The van der Waals surface area contributed by atoms with Crippen LogP contribution in [0.5, 0.6) is 11.5 Å². The van der Waals surface area contributed by atoms with Crippen LogP contribution >= 0.6 is 23.2 Å². The summed E-state index contributed by atoms with van der Waals surface area (Å²) in [7, 11) is 3.12. The normalized spacial score (nSPS) is 15.7. The molecule has 0 bridgehead atoms. The van der Waals surface area contributed by atoms with Crippen LogP contribution in [0.25, 0.3) is 27.8 Å². The van der Waals surface area contributed by atoms with Gasteiger partial charge in [-0.05, 0) is 50.3 Å². The van der Waals surface area contributed by atoms with Gasteiger partial charge in [-0.2, -0.15) is 4.98 Å². The topological polar surface area (TPSA) is 97.1 Å². The molecule has 4 heterocycles. The summed E-state index contributed by atoms with van der Waals surface area (Å²) in [5.41, 5.74) is 3.67. The molecular formula is C31H35Cl2N7O3. The molecule has 10 nitrogen and oxygen atoms in total. The number of aromatic nitrogens is 4. The number of anilines is 1. The zero-order chi connectivity index (χ0) is 30.1.